The number of benzene rings is 1. The molecule has 1 aromatic rings. The van der Waals surface area contributed by atoms with Gasteiger partial charge in [0.2, 0.25) is 0 Å². The van der Waals surface area contributed by atoms with Gasteiger partial charge in [-0.2, -0.15) is 0 Å². The fourth-order valence-corrected chi connectivity index (χ4v) is 3.29. The van der Waals surface area contributed by atoms with Crippen molar-refractivity contribution in [1.82, 2.24) is 9.80 Å². The minimum atomic E-state index is 0.114. The first-order valence-corrected chi connectivity index (χ1v) is 7.95. The molecule has 4 nitrogen and oxygen atoms in total. The van der Waals surface area contributed by atoms with Crippen molar-refractivity contribution in [2.75, 3.05) is 31.9 Å². The summed E-state index contributed by atoms with van der Waals surface area (Å²) in [5.74, 6) is 0.114. The Kier molecular flexibility index (Phi) is 5.23. The van der Waals surface area contributed by atoms with E-state index in [2.05, 4.69) is 18.7 Å². The largest absolute Gasteiger partial charge is 0.399 e. The number of amides is 1. The average Bonchev–Trinajstić information content (AvgIpc) is 2.47. The van der Waals surface area contributed by atoms with E-state index < -0.39 is 0 Å². The highest BCUT2D eigenvalue weighted by molar-refractivity contribution is 5.95. The second kappa shape index (κ2) is 6.94. The van der Waals surface area contributed by atoms with Crippen LogP contribution in [-0.2, 0) is 0 Å². The second-order valence-electron chi connectivity index (χ2n) is 5.88. The van der Waals surface area contributed by atoms with E-state index in [1.165, 1.54) is 0 Å². The number of anilines is 1. The van der Waals surface area contributed by atoms with E-state index in [1.54, 1.807) is 6.07 Å². The van der Waals surface area contributed by atoms with E-state index in [-0.39, 0.29) is 5.91 Å². The van der Waals surface area contributed by atoms with Crippen molar-refractivity contribution in [2.24, 2.45) is 0 Å². The van der Waals surface area contributed by atoms with Gasteiger partial charge in [-0.15, -0.1) is 0 Å². The molecule has 1 aliphatic heterocycles. The number of rotatable bonds is 4. The monoisotopic (exact) mass is 289 g/mol. The van der Waals surface area contributed by atoms with Crippen molar-refractivity contribution in [3.05, 3.63) is 29.3 Å². The Morgan fingerprint density at radius 2 is 1.86 bits per heavy atom. The van der Waals surface area contributed by atoms with E-state index in [0.29, 0.717) is 17.3 Å². The summed E-state index contributed by atoms with van der Waals surface area (Å²) < 4.78 is 0. The number of hydrogen-bond acceptors (Lipinski definition) is 3. The molecule has 4 heteroatoms. The summed E-state index contributed by atoms with van der Waals surface area (Å²) in [6, 6.07) is 6.22. The third-order valence-electron chi connectivity index (χ3n) is 4.43. The molecule has 1 fully saturated rings. The first-order chi connectivity index (χ1) is 10.0. The zero-order valence-corrected chi connectivity index (χ0v) is 13.4. The molecular formula is C17H27N3O. The number of hydrogen-bond donors (Lipinski definition) is 1. The topological polar surface area (TPSA) is 49.6 Å². The molecule has 1 aliphatic rings. The number of aryl methyl sites for hydroxylation is 1. The Morgan fingerprint density at radius 1 is 1.24 bits per heavy atom. The first-order valence-electron chi connectivity index (χ1n) is 7.95. The summed E-state index contributed by atoms with van der Waals surface area (Å²) in [6.07, 6.45) is 2.13. The van der Waals surface area contributed by atoms with E-state index in [1.807, 2.05) is 24.0 Å². The van der Waals surface area contributed by atoms with Crippen LogP contribution in [0.2, 0.25) is 0 Å². The van der Waals surface area contributed by atoms with Crippen molar-refractivity contribution < 1.29 is 4.79 Å². The summed E-state index contributed by atoms with van der Waals surface area (Å²) >= 11 is 0. The van der Waals surface area contributed by atoms with Gasteiger partial charge < -0.3 is 15.5 Å². The number of carbonyl (C=O) groups is 1. The smallest absolute Gasteiger partial charge is 0.253 e. The Hall–Kier alpha value is -1.55. The number of nitrogen functional groups attached to an aromatic ring is 1. The normalized spacial score (nSPS) is 16.5. The van der Waals surface area contributed by atoms with Gasteiger partial charge in [0.25, 0.3) is 5.91 Å². The van der Waals surface area contributed by atoms with E-state index in [0.717, 1.165) is 44.6 Å². The lowest BCUT2D eigenvalue weighted by atomic mass is 10.0. The highest BCUT2D eigenvalue weighted by Gasteiger charge is 2.26. The van der Waals surface area contributed by atoms with Gasteiger partial charge in [0.05, 0.1) is 0 Å². The SMILES string of the molecule is CCN(CC)C1CCN(C(=O)c2cc(C)cc(N)c2)CC1. The summed E-state index contributed by atoms with van der Waals surface area (Å²) in [6.45, 7) is 10.2. The molecule has 1 saturated heterocycles. The molecule has 0 radical (unpaired) electrons. The van der Waals surface area contributed by atoms with E-state index >= 15 is 0 Å². The molecule has 2 rings (SSSR count). The molecule has 0 spiro atoms. The van der Waals surface area contributed by atoms with Crippen LogP contribution in [0.15, 0.2) is 18.2 Å². The number of piperidine rings is 1. The molecule has 1 amide bonds. The lowest BCUT2D eigenvalue weighted by Gasteiger charge is -2.37. The number of carbonyl (C=O) groups excluding carboxylic acids is 1. The van der Waals surface area contributed by atoms with Crippen LogP contribution in [0, 0.1) is 6.92 Å². The van der Waals surface area contributed by atoms with Crippen LogP contribution < -0.4 is 5.73 Å². The van der Waals surface area contributed by atoms with Crippen molar-refractivity contribution in [2.45, 2.75) is 39.7 Å². The van der Waals surface area contributed by atoms with Gasteiger partial charge in [-0.05, 0) is 56.6 Å². The van der Waals surface area contributed by atoms with Crippen LogP contribution in [0.5, 0.6) is 0 Å². The van der Waals surface area contributed by atoms with Gasteiger partial charge in [-0.25, -0.2) is 0 Å². The molecule has 1 aromatic carbocycles. The highest BCUT2D eigenvalue weighted by atomic mass is 16.2. The van der Waals surface area contributed by atoms with Gasteiger partial charge in [0.15, 0.2) is 0 Å². The van der Waals surface area contributed by atoms with Crippen LogP contribution in [-0.4, -0.2) is 47.9 Å². The molecule has 0 saturated carbocycles. The third-order valence-corrected chi connectivity index (χ3v) is 4.43. The quantitative estimate of drug-likeness (QED) is 0.867. The third kappa shape index (κ3) is 3.76. The van der Waals surface area contributed by atoms with Crippen molar-refractivity contribution in [3.8, 4) is 0 Å². The molecule has 116 valence electrons. The number of likely N-dealkylation sites (tertiary alicyclic amines) is 1. The highest BCUT2D eigenvalue weighted by Crippen LogP contribution is 2.20. The minimum Gasteiger partial charge on any atom is -0.399 e. The van der Waals surface area contributed by atoms with Gasteiger partial charge >= 0.3 is 0 Å². The average molecular weight is 289 g/mol. The van der Waals surface area contributed by atoms with Crippen LogP contribution in [0.1, 0.15) is 42.6 Å². The van der Waals surface area contributed by atoms with Gasteiger partial charge in [-0.3, -0.25) is 4.79 Å². The number of nitrogens with two attached hydrogens (primary N) is 1. The maximum Gasteiger partial charge on any atom is 0.253 e. The Labute approximate surface area is 127 Å². The fourth-order valence-electron chi connectivity index (χ4n) is 3.29. The maximum absolute atomic E-state index is 12.6. The van der Waals surface area contributed by atoms with Gasteiger partial charge in [0, 0.05) is 30.4 Å². The molecule has 2 N–H and O–H groups in total. The van der Waals surface area contributed by atoms with Crippen LogP contribution in [0.4, 0.5) is 5.69 Å². The van der Waals surface area contributed by atoms with E-state index in [4.69, 9.17) is 5.73 Å². The van der Waals surface area contributed by atoms with E-state index in [9.17, 15) is 4.79 Å². The molecule has 0 bridgehead atoms. The maximum atomic E-state index is 12.6. The minimum absolute atomic E-state index is 0.114. The summed E-state index contributed by atoms with van der Waals surface area (Å²) in [5, 5.41) is 0. The first kappa shape index (κ1) is 15.8. The molecule has 0 atom stereocenters. The zero-order chi connectivity index (χ0) is 15.4. The predicted octanol–water partition coefficient (Wildman–Crippen LogP) is 2.52. The fraction of sp³-hybridized carbons (Fsp3) is 0.588. The molecule has 0 aliphatic carbocycles. The van der Waals surface area contributed by atoms with Gasteiger partial charge in [0.1, 0.15) is 0 Å². The van der Waals surface area contributed by atoms with Crippen LogP contribution in [0.3, 0.4) is 0 Å². The Bertz CT molecular complexity index is 469. The lowest BCUT2D eigenvalue weighted by Crippen LogP contribution is -2.46. The summed E-state index contributed by atoms with van der Waals surface area (Å²) in [7, 11) is 0. The predicted molar refractivity (Wildman–Crippen MR) is 87.4 cm³/mol. The van der Waals surface area contributed by atoms with Crippen molar-refractivity contribution in [1.29, 1.82) is 0 Å². The van der Waals surface area contributed by atoms with Gasteiger partial charge in [-0.1, -0.05) is 13.8 Å². The summed E-state index contributed by atoms with van der Waals surface area (Å²) in [4.78, 5) is 17.0. The van der Waals surface area contributed by atoms with Crippen molar-refractivity contribution >= 4 is 11.6 Å². The summed E-state index contributed by atoms with van der Waals surface area (Å²) in [5.41, 5.74) is 8.27. The standard InChI is InChI=1S/C17H27N3O/c1-4-19(5-2)16-6-8-20(9-7-16)17(21)14-10-13(3)11-15(18)12-14/h10-12,16H,4-9,18H2,1-3H3. The van der Waals surface area contributed by atoms with Crippen LogP contribution in [0.25, 0.3) is 0 Å². The van der Waals surface area contributed by atoms with Crippen molar-refractivity contribution in [3.63, 3.8) is 0 Å². The number of nitrogens with zero attached hydrogens (tertiary/aromatic N) is 2. The zero-order valence-electron chi connectivity index (χ0n) is 13.4. The lowest BCUT2D eigenvalue weighted by molar-refractivity contribution is 0.0631. The Balaban J connectivity index is 2.00. The molecule has 0 aromatic heterocycles. The molecular weight excluding hydrogens is 262 g/mol. The molecule has 0 unspecified atom stereocenters. The molecule has 21 heavy (non-hydrogen) atoms. The second-order valence-corrected chi connectivity index (χ2v) is 5.88. The Morgan fingerprint density at radius 3 is 2.38 bits per heavy atom. The molecule has 1 heterocycles. The van der Waals surface area contributed by atoms with Crippen LogP contribution >= 0.6 is 0 Å².